The monoisotopic (exact) mass is 358 g/mol. The summed E-state index contributed by atoms with van der Waals surface area (Å²) in [6, 6.07) is 15.1. The van der Waals surface area contributed by atoms with Crippen molar-refractivity contribution in [3.05, 3.63) is 90.3 Å². The van der Waals surface area contributed by atoms with Crippen LogP contribution in [0.5, 0.6) is 5.75 Å². The van der Waals surface area contributed by atoms with Crippen LogP contribution in [0.2, 0.25) is 0 Å². The van der Waals surface area contributed by atoms with Gasteiger partial charge in [-0.25, -0.2) is 4.79 Å². The van der Waals surface area contributed by atoms with Gasteiger partial charge in [0.25, 0.3) is 0 Å². The fraction of sp³-hybridized carbons (Fsp3) is 0.0909. The molecule has 2 aromatic heterocycles. The molecular weight excluding hydrogens is 340 g/mol. The van der Waals surface area contributed by atoms with Gasteiger partial charge in [0.1, 0.15) is 25.0 Å². The van der Waals surface area contributed by atoms with Crippen LogP contribution in [0.3, 0.4) is 0 Å². The minimum absolute atomic E-state index is 0.0437. The van der Waals surface area contributed by atoms with Gasteiger partial charge in [0.05, 0.1) is 11.1 Å². The SMILES string of the molecule is C=CCOc1ccc(/C=C/C(=O)OCc2cn3ccccc3c2C#N)cc1. The highest BCUT2D eigenvalue weighted by atomic mass is 16.5. The van der Waals surface area contributed by atoms with Crippen molar-refractivity contribution in [3.63, 3.8) is 0 Å². The van der Waals surface area contributed by atoms with Gasteiger partial charge >= 0.3 is 5.97 Å². The maximum atomic E-state index is 12.0. The molecule has 3 aromatic rings. The predicted octanol–water partition coefficient (Wildman–Crippen LogP) is 4.13. The van der Waals surface area contributed by atoms with Crippen LogP contribution in [0, 0.1) is 11.3 Å². The van der Waals surface area contributed by atoms with E-state index in [1.54, 1.807) is 18.3 Å². The molecule has 0 saturated heterocycles. The molecule has 0 spiro atoms. The van der Waals surface area contributed by atoms with E-state index in [4.69, 9.17) is 9.47 Å². The number of pyridine rings is 1. The van der Waals surface area contributed by atoms with E-state index in [-0.39, 0.29) is 6.61 Å². The Balaban J connectivity index is 1.60. The second kappa shape index (κ2) is 8.54. The normalized spacial score (nSPS) is 10.6. The summed E-state index contributed by atoms with van der Waals surface area (Å²) in [6.07, 6.45) is 8.36. The number of hydrogen-bond acceptors (Lipinski definition) is 4. The van der Waals surface area contributed by atoms with Gasteiger partial charge in [0, 0.05) is 24.0 Å². The van der Waals surface area contributed by atoms with Crippen LogP contribution in [-0.4, -0.2) is 17.0 Å². The number of fused-ring (bicyclic) bond motifs is 1. The topological polar surface area (TPSA) is 63.7 Å². The molecule has 0 aliphatic carbocycles. The summed E-state index contributed by atoms with van der Waals surface area (Å²) >= 11 is 0. The molecule has 0 N–H and O–H groups in total. The number of ether oxygens (including phenoxy) is 2. The number of carbonyl (C=O) groups excluding carboxylic acids is 1. The highest BCUT2D eigenvalue weighted by Gasteiger charge is 2.11. The Kier molecular flexibility index (Phi) is 5.70. The highest BCUT2D eigenvalue weighted by molar-refractivity contribution is 5.87. The largest absolute Gasteiger partial charge is 0.490 e. The highest BCUT2D eigenvalue weighted by Crippen LogP contribution is 2.19. The first-order valence-corrected chi connectivity index (χ1v) is 8.38. The number of rotatable bonds is 7. The lowest BCUT2D eigenvalue weighted by atomic mass is 10.2. The minimum atomic E-state index is -0.471. The van der Waals surface area contributed by atoms with E-state index < -0.39 is 5.97 Å². The van der Waals surface area contributed by atoms with Crippen molar-refractivity contribution in [2.24, 2.45) is 0 Å². The van der Waals surface area contributed by atoms with Crippen molar-refractivity contribution in [2.45, 2.75) is 6.61 Å². The number of hydrogen-bond donors (Lipinski definition) is 0. The van der Waals surface area contributed by atoms with Gasteiger partial charge in [-0.05, 0) is 35.9 Å². The maximum Gasteiger partial charge on any atom is 0.331 e. The molecule has 0 aliphatic heterocycles. The summed E-state index contributed by atoms with van der Waals surface area (Å²) in [4.78, 5) is 12.0. The van der Waals surface area contributed by atoms with E-state index in [0.29, 0.717) is 17.7 Å². The molecule has 134 valence electrons. The molecule has 0 saturated carbocycles. The minimum Gasteiger partial charge on any atom is -0.490 e. The Morgan fingerprint density at radius 3 is 2.78 bits per heavy atom. The quantitative estimate of drug-likeness (QED) is 0.362. The van der Waals surface area contributed by atoms with E-state index in [9.17, 15) is 10.1 Å². The van der Waals surface area contributed by atoms with Crippen LogP contribution in [0.4, 0.5) is 0 Å². The zero-order valence-corrected chi connectivity index (χ0v) is 14.7. The van der Waals surface area contributed by atoms with Gasteiger partial charge in [-0.3, -0.25) is 0 Å². The number of benzene rings is 1. The van der Waals surface area contributed by atoms with E-state index in [2.05, 4.69) is 12.6 Å². The lowest BCUT2D eigenvalue weighted by Crippen LogP contribution is -2.01. The molecule has 0 atom stereocenters. The second-order valence-electron chi connectivity index (χ2n) is 5.74. The van der Waals surface area contributed by atoms with Gasteiger partial charge in [-0.15, -0.1) is 0 Å². The van der Waals surface area contributed by atoms with Crippen LogP contribution in [0.25, 0.3) is 11.6 Å². The van der Waals surface area contributed by atoms with E-state index in [1.807, 2.05) is 53.1 Å². The van der Waals surface area contributed by atoms with Gasteiger partial charge < -0.3 is 13.9 Å². The fourth-order valence-electron chi connectivity index (χ4n) is 2.61. The summed E-state index contributed by atoms with van der Waals surface area (Å²) in [6.45, 7) is 4.09. The first-order valence-electron chi connectivity index (χ1n) is 8.38. The summed E-state index contributed by atoms with van der Waals surface area (Å²) in [5.41, 5.74) is 2.84. The Labute approximate surface area is 157 Å². The van der Waals surface area contributed by atoms with Crippen molar-refractivity contribution in [2.75, 3.05) is 6.61 Å². The van der Waals surface area contributed by atoms with Crippen LogP contribution >= 0.6 is 0 Å². The molecule has 0 amide bonds. The van der Waals surface area contributed by atoms with Crippen molar-refractivity contribution in [3.8, 4) is 11.8 Å². The Bertz CT molecular complexity index is 1020. The molecule has 5 nitrogen and oxygen atoms in total. The molecule has 0 bridgehead atoms. The average molecular weight is 358 g/mol. The Morgan fingerprint density at radius 2 is 2.04 bits per heavy atom. The lowest BCUT2D eigenvalue weighted by Gasteiger charge is -2.03. The average Bonchev–Trinajstić information content (AvgIpc) is 3.07. The predicted molar refractivity (Wildman–Crippen MR) is 103 cm³/mol. The molecule has 27 heavy (non-hydrogen) atoms. The summed E-state index contributed by atoms with van der Waals surface area (Å²) < 4.78 is 12.5. The zero-order chi connectivity index (χ0) is 19.1. The van der Waals surface area contributed by atoms with Gasteiger partial charge in [-0.2, -0.15) is 5.26 Å². The molecular formula is C22H18N2O3. The van der Waals surface area contributed by atoms with Gasteiger partial charge in [-0.1, -0.05) is 30.9 Å². The molecule has 2 heterocycles. The second-order valence-corrected chi connectivity index (χ2v) is 5.74. The zero-order valence-electron chi connectivity index (χ0n) is 14.7. The van der Waals surface area contributed by atoms with Crippen LogP contribution in [0.1, 0.15) is 16.7 Å². The van der Waals surface area contributed by atoms with Crippen LogP contribution < -0.4 is 4.74 Å². The van der Waals surface area contributed by atoms with Crippen LogP contribution in [-0.2, 0) is 16.1 Å². The van der Waals surface area contributed by atoms with E-state index >= 15 is 0 Å². The van der Waals surface area contributed by atoms with Crippen molar-refractivity contribution in [1.82, 2.24) is 4.40 Å². The molecule has 0 unspecified atom stereocenters. The standard InChI is InChI=1S/C22H18N2O3/c1-2-13-26-19-9-6-17(7-10-19)8-11-22(25)27-16-18-15-24-12-4-3-5-21(24)20(18)14-23/h2-12,15H,1,13,16H2/b11-8+. The Morgan fingerprint density at radius 1 is 1.22 bits per heavy atom. The molecule has 0 aliphatic rings. The third kappa shape index (κ3) is 4.44. The van der Waals surface area contributed by atoms with Crippen molar-refractivity contribution >= 4 is 17.6 Å². The van der Waals surface area contributed by atoms with Crippen molar-refractivity contribution in [1.29, 1.82) is 5.26 Å². The third-order valence-corrected chi connectivity index (χ3v) is 3.90. The summed E-state index contributed by atoms with van der Waals surface area (Å²) in [7, 11) is 0. The Hall–Kier alpha value is -3.78. The van der Waals surface area contributed by atoms with Crippen LogP contribution in [0.15, 0.2) is 73.6 Å². The number of nitriles is 1. The maximum absolute atomic E-state index is 12.0. The van der Waals surface area contributed by atoms with Gasteiger partial charge in [0.2, 0.25) is 0 Å². The number of nitrogens with zero attached hydrogens (tertiary/aromatic N) is 2. The first kappa shape index (κ1) is 18.0. The first-order chi connectivity index (χ1) is 13.2. The summed E-state index contributed by atoms with van der Waals surface area (Å²) in [5.74, 6) is 0.264. The van der Waals surface area contributed by atoms with Crippen molar-refractivity contribution < 1.29 is 14.3 Å². The molecule has 0 fully saturated rings. The lowest BCUT2D eigenvalue weighted by molar-refractivity contribution is -0.138. The smallest absolute Gasteiger partial charge is 0.331 e. The molecule has 0 radical (unpaired) electrons. The number of aromatic nitrogens is 1. The molecule has 5 heteroatoms. The van der Waals surface area contributed by atoms with Gasteiger partial charge in [0.15, 0.2) is 0 Å². The number of carbonyl (C=O) groups is 1. The third-order valence-electron chi connectivity index (χ3n) is 3.90. The number of esters is 1. The summed E-state index contributed by atoms with van der Waals surface area (Å²) in [5, 5.41) is 9.37. The fourth-order valence-corrected chi connectivity index (χ4v) is 2.61. The molecule has 3 rings (SSSR count). The van der Waals surface area contributed by atoms with E-state index in [0.717, 1.165) is 16.8 Å². The molecule has 1 aromatic carbocycles. The van der Waals surface area contributed by atoms with E-state index in [1.165, 1.54) is 6.08 Å².